The summed E-state index contributed by atoms with van der Waals surface area (Å²) < 4.78 is 28.3. The molecule has 0 aliphatic rings. The Labute approximate surface area is 128 Å². The predicted octanol–water partition coefficient (Wildman–Crippen LogP) is 3.48. The minimum Gasteiger partial charge on any atom is -0.459 e. The summed E-state index contributed by atoms with van der Waals surface area (Å²) in [7, 11) is 0. The van der Waals surface area contributed by atoms with Crippen LogP contribution in [0.25, 0.3) is 11.7 Å². The molecule has 0 atom stereocenters. The third-order valence-corrected chi connectivity index (χ3v) is 2.99. The Morgan fingerprint density at radius 3 is 2.91 bits per heavy atom. The van der Waals surface area contributed by atoms with E-state index in [4.69, 9.17) is 25.2 Å². The molecule has 0 radical (unpaired) electrons. The van der Waals surface area contributed by atoms with Gasteiger partial charge in [0.2, 0.25) is 0 Å². The number of ether oxygens (including phenoxy) is 1. The van der Waals surface area contributed by atoms with Gasteiger partial charge in [-0.05, 0) is 30.3 Å². The van der Waals surface area contributed by atoms with E-state index in [0.717, 1.165) is 12.1 Å². The molecule has 6 nitrogen and oxygen atoms in total. The van der Waals surface area contributed by atoms with Crippen molar-refractivity contribution in [2.24, 2.45) is 0 Å². The largest absolute Gasteiger partial charge is 0.459 e. The number of nitrogens with zero attached hydrogens (tertiary/aromatic N) is 2. The summed E-state index contributed by atoms with van der Waals surface area (Å²) in [6.07, 6.45) is 1.47. The van der Waals surface area contributed by atoms with Crippen LogP contribution in [0.3, 0.4) is 0 Å². The molecule has 0 saturated carbocycles. The van der Waals surface area contributed by atoms with Crippen LogP contribution in [-0.4, -0.2) is 16.2 Å². The van der Waals surface area contributed by atoms with Gasteiger partial charge in [-0.1, -0.05) is 11.6 Å². The smallest absolute Gasteiger partial charge is 0.340 e. The highest BCUT2D eigenvalue weighted by molar-refractivity contribution is 6.33. The average Bonchev–Trinajstić information content (AvgIpc) is 3.16. The third kappa shape index (κ3) is 2.99. The quantitative estimate of drug-likeness (QED) is 0.684. The van der Waals surface area contributed by atoms with Crippen molar-refractivity contribution in [3.8, 4) is 11.7 Å². The number of aromatic nitrogens is 2. The second-order valence-corrected chi connectivity index (χ2v) is 4.59. The number of esters is 1. The molecular weight excluding hydrogens is 315 g/mol. The van der Waals surface area contributed by atoms with Crippen LogP contribution in [-0.2, 0) is 11.3 Å². The van der Waals surface area contributed by atoms with Crippen molar-refractivity contribution >= 4 is 17.6 Å². The third-order valence-electron chi connectivity index (χ3n) is 2.68. The number of furan rings is 1. The second-order valence-electron chi connectivity index (χ2n) is 4.18. The average molecular weight is 323 g/mol. The van der Waals surface area contributed by atoms with E-state index in [0.29, 0.717) is 5.76 Å². The highest BCUT2D eigenvalue weighted by atomic mass is 35.5. The minimum atomic E-state index is -0.720. The summed E-state index contributed by atoms with van der Waals surface area (Å²) in [5.41, 5.74) is 0.0499. The number of hydrogen-bond donors (Lipinski definition) is 0. The predicted molar refractivity (Wildman–Crippen MR) is 72.5 cm³/mol. The van der Waals surface area contributed by atoms with Crippen LogP contribution in [0, 0.1) is 5.82 Å². The van der Waals surface area contributed by atoms with Gasteiger partial charge in [0.25, 0.3) is 11.8 Å². The van der Waals surface area contributed by atoms with Crippen LogP contribution in [0.1, 0.15) is 16.2 Å². The van der Waals surface area contributed by atoms with Crippen LogP contribution in [0.2, 0.25) is 5.02 Å². The monoisotopic (exact) mass is 322 g/mol. The normalized spacial score (nSPS) is 10.6. The summed E-state index contributed by atoms with van der Waals surface area (Å²) in [6.45, 7) is -0.236. The molecule has 112 valence electrons. The van der Waals surface area contributed by atoms with E-state index in [1.807, 2.05) is 0 Å². The Morgan fingerprint density at radius 2 is 2.18 bits per heavy atom. The Morgan fingerprint density at radius 1 is 1.32 bits per heavy atom. The standard InChI is InChI=1S/C14H8ClFN2O4/c15-10-6-8(16)3-4-9(10)14(19)21-7-12-17-18-13(22-12)11-2-1-5-20-11/h1-6H,7H2. The molecule has 3 aromatic rings. The van der Waals surface area contributed by atoms with Crippen LogP contribution >= 0.6 is 11.6 Å². The van der Waals surface area contributed by atoms with E-state index in [1.165, 1.54) is 12.3 Å². The molecule has 0 fully saturated rings. The van der Waals surface area contributed by atoms with E-state index < -0.39 is 11.8 Å². The molecule has 0 saturated heterocycles. The van der Waals surface area contributed by atoms with E-state index in [1.54, 1.807) is 12.1 Å². The summed E-state index contributed by atoms with van der Waals surface area (Å²) >= 11 is 5.77. The van der Waals surface area contributed by atoms with Crippen LogP contribution in [0.4, 0.5) is 4.39 Å². The van der Waals surface area contributed by atoms with Crippen LogP contribution < -0.4 is 0 Å². The number of carbonyl (C=O) groups is 1. The van der Waals surface area contributed by atoms with Gasteiger partial charge < -0.3 is 13.6 Å². The Balaban J connectivity index is 1.66. The first-order chi connectivity index (χ1) is 10.6. The van der Waals surface area contributed by atoms with Crippen molar-refractivity contribution in [1.29, 1.82) is 0 Å². The maximum Gasteiger partial charge on any atom is 0.340 e. The molecule has 0 N–H and O–H groups in total. The number of rotatable bonds is 4. The van der Waals surface area contributed by atoms with E-state index in [2.05, 4.69) is 10.2 Å². The summed E-state index contributed by atoms with van der Waals surface area (Å²) in [5, 5.41) is 7.45. The molecule has 0 aliphatic heterocycles. The molecule has 0 unspecified atom stereocenters. The molecule has 22 heavy (non-hydrogen) atoms. The maximum atomic E-state index is 12.9. The fraction of sp³-hybridized carbons (Fsp3) is 0.0714. The lowest BCUT2D eigenvalue weighted by atomic mass is 10.2. The van der Waals surface area contributed by atoms with Gasteiger partial charge in [0.1, 0.15) is 5.82 Å². The molecule has 1 aromatic carbocycles. The van der Waals surface area contributed by atoms with Crippen molar-refractivity contribution in [1.82, 2.24) is 10.2 Å². The number of benzene rings is 1. The lowest BCUT2D eigenvalue weighted by Crippen LogP contribution is -2.06. The Hall–Kier alpha value is -2.67. The van der Waals surface area contributed by atoms with E-state index in [-0.39, 0.29) is 29.0 Å². The highest BCUT2D eigenvalue weighted by Crippen LogP contribution is 2.20. The molecule has 3 rings (SSSR count). The van der Waals surface area contributed by atoms with E-state index >= 15 is 0 Å². The van der Waals surface area contributed by atoms with Gasteiger partial charge in [0, 0.05) is 0 Å². The topological polar surface area (TPSA) is 78.4 Å². The van der Waals surface area contributed by atoms with Crippen molar-refractivity contribution in [3.05, 3.63) is 58.9 Å². The van der Waals surface area contributed by atoms with Crippen LogP contribution in [0.15, 0.2) is 45.4 Å². The lowest BCUT2D eigenvalue weighted by molar-refractivity contribution is 0.0438. The fourth-order valence-electron chi connectivity index (χ4n) is 1.67. The molecule has 8 heteroatoms. The number of carbonyl (C=O) groups excluding carboxylic acids is 1. The molecule has 0 aliphatic carbocycles. The van der Waals surface area contributed by atoms with Crippen molar-refractivity contribution in [2.45, 2.75) is 6.61 Å². The summed E-state index contributed by atoms with van der Waals surface area (Å²) in [6, 6.07) is 6.71. The fourth-order valence-corrected chi connectivity index (χ4v) is 1.92. The van der Waals surface area contributed by atoms with E-state index in [9.17, 15) is 9.18 Å². The molecular formula is C14H8ClFN2O4. The van der Waals surface area contributed by atoms with Gasteiger partial charge in [0.15, 0.2) is 12.4 Å². The highest BCUT2D eigenvalue weighted by Gasteiger charge is 2.16. The second kappa shape index (κ2) is 5.98. The zero-order valence-electron chi connectivity index (χ0n) is 11.0. The van der Waals surface area contributed by atoms with Gasteiger partial charge in [-0.3, -0.25) is 0 Å². The van der Waals surface area contributed by atoms with Gasteiger partial charge in [-0.25, -0.2) is 9.18 Å². The Bertz CT molecular complexity index is 801. The van der Waals surface area contributed by atoms with Crippen molar-refractivity contribution < 1.29 is 22.8 Å². The van der Waals surface area contributed by atoms with Gasteiger partial charge in [-0.2, -0.15) is 0 Å². The molecule has 0 amide bonds. The minimum absolute atomic E-state index is 0.0354. The first-order valence-electron chi connectivity index (χ1n) is 6.12. The maximum absolute atomic E-state index is 12.9. The summed E-state index contributed by atoms with van der Waals surface area (Å²) in [4.78, 5) is 11.8. The van der Waals surface area contributed by atoms with Gasteiger partial charge in [0.05, 0.1) is 16.8 Å². The van der Waals surface area contributed by atoms with Crippen molar-refractivity contribution in [3.63, 3.8) is 0 Å². The zero-order valence-corrected chi connectivity index (χ0v) is 11.7. The van der Waals surface area contributed by atoms with Gasteiger partial charge >= 0.3 is 5.97 Å². The molecule has 0 spiro atoms. The SMILES string of the molecule is O=C(OCc1nnc(-c2ccco2)o1)c1ccc(F)cc1Cl. The van der Waals surface area contributed by atoms with Crippen LogP contribution in [0.5, 0.6) is 0 Å². The van der Waals surface area contributed by atoms with Gasteiger partial charge in [-0.15, -0.1) is 10.2 Å². The molecule has 2 heterocycles. The first-order valence-corrected chi connectivity index (χ1v) is 6.50. The first kappa shape index (κ1) is 14.3. The Kier molecular flexibility index (Phi) is 3.88. The summed E-state index contributed by atoms with van der Waals surface area (Å²) in [5.74, 6) is -0.579. The van der Waals surface area contributed by atoms with Crippen molar-refractivity contribution in [2.75, 3.05) is 0 Å². The zero-order chi connectivity index (χ0) is 15.5. The lowest BCUT2D eigenvalue weighted by Gasteiger charge is -2.03. The number of hydrogen-bond acceptors (Lipinski definition) is 6. The molecule has 2 aromatic heterocycles. The molecule has 0 bridgehead atoms. The number of halogens is 2.